The maximum absolute atomic E-state index is 11.3. The predicted molar refractivity (Wildman–Crippen MR) is 60.8 cm³/mol. The van der Waals surface area contributed by atoms with Crippen LogP contribution in [0.4, 0.5) is 0 Å². The van der Waals surface area contributed by atoms with Crippen molar-refractivity contribution in [2.75, 3.05) is 24.7 Å². The summed E-state index contributed by atoms with van der Waals surface area (Å²) in [6, 6.07) is 0.0131. The van der Waals surface area contributed by atoms with E-state index in [4.69, 9.17) is 4.74 Å². The van der Waals surface area contributed by atoms with Crippen molar-refractivity contribution < 1.29 is 13.2 Å². The summed E-state index contributed by atoms with van der Waals surface area (Å²) >= 11 is 0. The number of rotatable bonds is 6. The number of sulfone groups is 1. The van der Waals surface area contributed by atoms with E-state index in [2.05, 4.69) is 5.32 Å². The highest BCUT2D eigenvalue weighted by molar-refractivity contribution is 7.91. The molecule has 4 nitrogen and oxygen atoms in total. The van der Waals surface area contributed by atoms with Crippen molar-refractivity contribution in [1.82, 2.24) is 5.32 Å². The monoisotopic (exact) mass is 235 g/mol. The highest BCUT2D eigenvalue weighted by Crippen LogP contribution is 2.10. The van der Waals surface area contributed by atoms with Crippen molar-refractivity contribution in [1.29, 1.82) is 0 Å². The molecule has 0 saturated carbocycles. The molecule has 0 bridgehead atoms. The minimum Gasteiger partial charge on any atom is -0.377 e. The second kappa shape index (κ2) is 5.82. The summed E-state index contributed by atoms with van der Waals surface area (Å²) in [6.07, 6.45) is 2.48. The molecule has 2 atom stereocenters. The van der Waals surface area contributed by atoms with Gasteiger partial charge in [0.05, 0.1) is 11.9 Å². The van der Waals surface area contributed by atoms with Crippen LogP contribution in [-0.4, -0.2) is 45.2 Å². The lowest BCUT2D eigenvalue weighted by molar-refractivity contribution is 0.108. The highest BCUT2D eigenvalue weighted by atomic mass is 32.2. The van der Waals surface area contributed by atoms with E-state index >= 15 is 0 Å². The van der Waals surface area contributed by atoms with Crippen LogP contribution in [0.25, 0.3) is 0 Å². The zero-order valence-electron chi connectivity index (χ0n) is 9.53. The molecule has 2 unspecified atom stereocenters. The third kappa shape index (κ3) is 4.95. The van der Waals surface area contributed by atoms with Crippen molar-refractivity contribution in [3.63, 3.8) is 0 Å². The first-order chi connectivity index (χ1) is 7.03. The van der Waals surface area contributed by atoms with E-state index in [0.29, 0.717) is 0 Å². The third-order valence-electron chi connectivity index (χ3n) is 2.66. The Kier molecular flexibility index (Phi) is 5.02. The third-order valence-corrected chi connectivity index (χ3v) is 4.55. The van der Waals surface area contributed by atoms with Gasteiger partial charge >= 0.3 is 0 Å². The standard InChI is InChI=1S/C10H21NO3S/c1-3-15(12,13)8-9(2)11-7-10-5-4-6-14-10/h9-11H,3-8H2,1-2H3. The summed E-state index contributed by atoms with van der Waals surface area (Å²) in [5.41, 5.74) is 0. The van der Waals surface area contributed by atoms with Crippen LogP contribution in [0.15, 0.2) is 0 Å². The molecule has 1 saturated heterocycles. The number of hydrogen-bond donors (Lipinski definition) is 1. The van der Waals surface area contributed by atoms with E-state index in [9.17, 15) is 8.42 Å². The summed E-state index contributed by atoms with van der Waals surface area (Å²) in [5.74, 6) is 0.440. The fourth-order valence-electron chi connectivity index (χ4n) is 1.70. The molecule has 0 aliphatic carbocycles. The van der Waals surface area contributed by atoms with Gasteiger partial charge in [0.15, 0.2) is 9.84 Å². The molecule has 0 spiro atoms. The van der Waals surface area contributed by atoms with Gasteiger partial charge in [-0.2, -0.15) is 0 Å². The van der Waals surface area contributed by atoms with Gasteiger partial charge < -0.3 is 10.1 Å². The molecule has 0 aromatic heterocycles. The fraction of sp³-hybridized carbons (Fsp3) is 1.00. The lowest BCUT2D eigenvalue weighted by atomic mass is 10.2. The number of ether oxygens (including phenoxy) is 1. The van der Waals surface area contributed by atoms with Gasteiger partial charge in [0, 0.05) is 24.9 Å². The van der Waals surface area contributed by atoms with Gasteiger partial charge in [0.25, 0.3) is 0 Å². The van der Waals surface area contributed by atoms with Crippen LogP contribution in [0.2, 0.25) is 0 Å². The van der Waals surface area contributed by atoms with Crippen LogP contribution in [-0.2, 0) is 14.6 Å². The van der Waals surface area contributed by atoms with Crippen molar-refractivity contribution in [2.24, 2.45) is 0 Å². The molecule has 0 amide bonds. The lowest BCUT2D eigenvalue weighted by Gasteiger charge is -2.16. The van der Waals surface area contributed by atoms with Crippen LogP contribution in [0.1, 0.15) is 26.7 Å². The van der Waals surface area contributed by atoms with Gasteiger partial charge in [-0.3, -0.25) is 0 Å². The molecular formula is C10H21NO3S. The first-order valence-electron chi connectivity index (χ1n) is 5.59. The predicted octanol–water partition coefficient (Wildman–Crippen LogP) is 0.578. The zero-order valence-corrected chi connectivity index (χ0v) is 10.3. The van der Waals surface area contributed by atoms with Crippen LogP contribution >= 0.6 is 0 Å². The van der Waals surface area contributed by atoms with Crippen LogP contribution in [0, 0.1) is 0 Å². The smallest absolute Gasteiger partial charge is 0.151 e. The summed E-state index contributed by atoms with van der Waals surface area (Å²) in [6.45, 7) is 5.19. The maximum Gasteiger partial charge on any atom is 0.151 e. The second-order valence-corrected chi connectivity index (χ2v) is 6.54. The molecular weight excluding hydrogens is 214 g/mol. The number of nitrogens with one attached hydrogen (secondary N) is 1. The van der Waals surface area contributed by atoms with E-state index in [-0.39, 0.29) is 23.7 Å². The van der Waals surface area contributed by atoms with E-state index in [1.165, 1.54) is 0 Å². The minimum absolute atomic E-state index is 0.0131. The van der Waals surface area contributed by atoms with Crippen LogP contribution in [0.3, 0.4) is 0 Å². The minimum atomic E-state index is -2.87. The first kappa shape index (κ1) is 12.9. The summed E-state index contributed by atoms with van der Waals surface area (Å²) in [4.78, 5) is 0. The Balaban J connectivity index is 2.20. The molecule has 1 aliphatic rings. The molecule has 1 heterocycles. The summed E-state index contributed by atoms with van der Waals surface area (Å²) in [7, 11) is -2.87. The van der Waals surface area contributed by atoms with Crippen molar-refractivity contribution in [2.45, 2.75) is 38.8 Å². The summed E-state index contributed by atoms with van der Waals surface area (Å²) in [5, 5.41) is 3.21. The zero-order chi connectivity index (χ0) is 11.3. The number of hydrogen-bond acceptors (Lipinski definition) is 4. The van der Waals surface area contributed by atoms with E-state index < -0.39 is 9.84 Å². The van der Waals surface area contributed by atoms with E-state index in [0.717, 1.165) is 26.0 Å². The van der Waals surface area contributed by atoms with Gasteiger partial charge in [0.2, 0.25) is 0 Å². The fourth-order valence-corrected chi connectivity index (χ4v) is 2.81. The molecule has 15 heavy (non-hydrogen) atoms. The van der Waals surface area contributed by atoms with Gasteiger partial charge in [0.1, 0.15) is 0 Å². The molecule has 1 aliphatic heterocycles. The Morgan fingerprint density at radius 2 is 2.27 bits per heavy atom. The second-order valence-electron chi connectivity index (χ2n) is 4.14. The topological polar surface area (TPSA) is 55.4 Å². The molecule has 0 aromatic rings. The normalized spacial score (nSPS) is 24.3. The van der Waals surface area contributed by atoms with Gasteiger partial charge in [-0.05, 0) is 19.8 Å². The van der Waals surface area contributed by atoms with Crippen molar-refractivity contribution in [3.05, 3.63) is 0 Å². The average molecular weight is 235 g/mol. The summed E-state index contributed by atoms with van der Waals surface area (Å²) < 4.78 is 28.1. The molecule has 0 aromatic carbocycles. The Morgan fingerprint density at radius 1 is 1.53 bits per heavy atom. The van der Waals surface area contributed by atoms with Gasteiger partial charge in [-0.25, -0.2) is 8.42 Å². The SMILES string of the molecule is CCS(=O)(=O)CC(C)NCC1CCCO1. The average Bonchev–Trinajstić information content (AvgIpc) is 2.66. The van der Waals surface area contributed by atoms with Crippen molar-refractivity contribution in [3.8, 4) is 0 Å². The molecule has 90 valence electrons. The molecule has 1 rings (SSSR count). The Morgan fingerprint density at radius 3 is 2.80 bits per heavy atom. The van der Waals surface area contributed by atoms with Gasteiger partial charge in [-0.1, -0.05) is 6.92 Å². The first-order valence-corrected chi connectivity index (χ1v) is 7.41. The van der Waals surface area contributed by atoms with Crippen LogP contribution < -0.4 is 5.32 Å². The largest absolute Gasteiger partial charge is 0.377 e. The molecule has 5 heteroatoms. The molecule has 1 fully saturated rings. The lowest BCUT2D eigenvalue weighted by Crippen LogP contribution is -2.38. The Hall–Kier alpha value is -0.130. The quantitative estimate of drug-likeness (QED) is 0.731. The van der Waals surface area contributed by atoms with Crippen LogP contribution in [0.5, 0.6) is 0 Å². The van der Waals surface area contributed by atoms with Gasteiger partial charge in [-0.15, -0.1) is 0 Å². The van der Waals surface area contributed by atoms with E-state index in [1.54, 1.807) is 6.92 Å². The highest BCUT2D eigenvalue weighted by Gasteiger charge is 2.18. The molecule has 0 radical (unpaired) electrons. The molecule has 1 N–H and O–H groups in total. The Bertz CT molecular complexity index is 270. The Labute approximate surface area is 92.3 Å². The van der Waals surface area contributed by atoms with Crippen molar-refractivity contribution >= 4 is 9.84 Å². The van der Waals surface area contributed by atoms with E-state index in [1.807, 2.05) is 6.92 Å². The maximum atomic E-state index is 11.3.